The second-order valence-corrected chi connectivity index (χ2v) is 6.50. The first-order valence-electron chi connectivity index (χ1n) is 8.64. The first-order chi connectivity index (χ1) is 12.6. The predicted molar refractivity (Wildman–Crippen MR) is 96.3 cm³/mol. The van der Waals surface area contributed by atoms with Crippen molar-refractivity contribution >= 4 is 17.5 Å². The minimum absolute atomic E-state index is 0.100. The number of hydrogen-bond donors (Lipinski definition) is 0. The fraction of sp³-hybridized carbons (Fsp3) is 0.300. The molecule has 4 rings (SSSR count). The summed E-state index contributed by atoms with van der Waals surface area (Å²) in [6, 6.07) is 16.1. The monoisotopic (exact) mass is 352 g/mol. The fourth-order valence-corrected chi connectivity index (χ4v) is 3.49. The number of likely N-dealkylation sites (tertiary alicyclic amines) is 1. The lowest BCUT2D eigenvalue weighted by Crippen LogP contribution is -2.48. The van der Waals surface area contributed by atoms with Crippen molar-refractivity contribution in [2.45, 2.75) is 18.6 Å². The van der Waals surface area contributed by atoms with E-state index in [4.69, 9.17) is 9.47 Å². The van der Waals surface area contributed by atoms with Gasteiger partial charge in [-0.1, -0.05) is 30.3 Å². The number of likely N-dealkylation sites (N-methyl/N-ethyl adjacent to an activating group) is 1. The third-order valence-corrected chi connectivity index (χ3v) is 4.82. The molecule has 2 atom stereocenters. The molecule has 2 aliphatic heterocycles. The van der Waals surface area contributed by atoms with Crippen molar-refractivity contribution in [3.63, 3.8) is 0 Å². The van der Waals surface area contributed by atoms with Crippen LogP contribution in [0.3, 0.4) is 0 Å². The number of benzene rings is 2. The quantitative estimate of drug-likeness (QED) is 0.849. The number of rotatable bonds is 3. The number of anilines is 1. The average Bonchev–Trinajstić information content (AvgIpc) is 3.10. The molecule has 2 amide bonds. The number of carbonyl (C=O) groups excluding carboxylic acids is 2. The number of hydrogen-bond acceptors (Lipinski definition) is 4. The summed E-state index contributed by atoms with van der Waals surface area (Å²) in [4.78, 5) is 28.8. The summed E-state index contributed by atoms with van der Waals surface area (Å²) in [7, 11) is 1.71. The number of amides is 2. The molecule has 1 saturated heterocycles. The zero-order valence-electron chi connectivity index (χ0n) is 14.5. The Morgan fingerprint density at radius 3 is 2.69 bits per heavy atom. The van der Waals surface area contributed by atoms with Gasteiger partial charge in [0.05, 0.1) is 12.2 Å². The Bertz CT molecular complexity index is 824. The average molecular weight is 352 g/mol. The molecule has 1 fully saturated rings. The van der Waals surface area contributed by atoms with Crippen molar-refractivity contribution in [2.75, 3.05) is 25.1 Å². The molecule has 2 heterocycles. The summed E-state index contributed by atoms with van der Waals surface area (Å²) in [5.74, 6) is 0.986. The molecule has 2 aliphatic rings. The molecule has 2 aromatic carbocycles. The van der Waals surface area contributed by atoms with Crippen molar-refractivity contribution in [1.29, 1.82) is 0 Å². The number of nitrogens with zero attached hydrogens (tertiary/aromatic N) is 2. The van der Waals surface area contributed by atoms with Crippen LogP contribution < -0.4 is 14.4 Å². The van der Waals surface area contributed by atoms with E-state index < -0.39 is 6.04 Å². The third kappa shape index (κ3) is 2.98. The summed E-state index contributed by atoms with van der Waals surface area (Å²) < 4.78 is 11.6. The van der Waals surface area contributed by atoms with E-state index >= 15 is 0 Å². The molecule has 0 saturated carbocycles. The standard InChI is InChI=1S/C20H20N2O4/c1-21-16-9-5-6-10-18(16)26-15-11-17(20(21)24)22(12-15)19(23)13-25-14-7-3-2-4-8-14/h2-10,15,17H,11-13H2,1H3/t15-,17-/m0/s1. The zero-order valence-corrected chi connectivity index (χ0v) is 14.5. The Kier molecular flexibility index (Phi) is 4.24. The molecule has 0 aromatic heterocycles. The van der Waals surface area contributed by atoms with Gasteiger partial charge in [0.1, 0.15) is 23.6 Å². The number of ether oxygens (including phenoxy) is 2. The highest BCUT2D eigenvalue weighted by Crippen LogP contribution is 2.35. The minimum Gasteiger partial charge on any atom is -0.486 e. The molecule has 134 valence electrons. The number of carbonyl (C=O) groups is 2. The van der Waals surface area contributed by atoms with Crippen molar-refractivity contribution in [3.8, 4) is 11.5 Å². The van der Waals surface area contributed by atoms with Gasteiger partial charge in [0.15, 0.2) is 6.61 Å². The summed E-state index contributed by atoms with van der Waals surface area (Å²) in [6.07, 6.45) is 0.300. The summed E-state index contributed by atoms with van der Waals surface area (Å²) in [5.41, 5.74) is 0.724. The van der Waals surface area contributed by atoms with Gasteiger partial charge in [-0.05, 0) is 24.3 Å². The van der Waals surface area contributed by atoms with E-state index in [1.54, 1.807) is 29.0 Å². The van der Waals surface area contributed by atoms with Crippen LogP contribution in [0.4, 0.5) is 5.69 Å². The molecule has 0 spiro atoms. The lowest BCUT2D eigenvalue weighted by molar-refractivity contribution is -0.139. The first-order valence-corrected chi connectivity index (χ1v) is 8.64. The molecule has 6 nitrogen and oxygen atoms in total. The van der Waals surface area contributed by atoms with Gasteiger partial charge in [-0.25, -0.2) is 0 Å². The van der Waals surface area contributed by atoms with Crippen molar-refractivity contribution in [2.24, 2.45) is 0 Å². The van der Waals surface area contributed by atoms with Crippen LogP contribution in [-0.4, -0.2) is 49.1 Å². The Labute approximate surface area is 151 Å². The molecule has 26 heavy (non-hydrogen) atoms. The minimum atomic E-state index is -0.523. The van der Waals surface area contributed by atoms with Gasteiger partial charge in [0.25, 0.3) is 5.91 Å². The van der Waals surface area contributed by atoms with Crippen LogP contribution in [0.25, 0.3) is 0 Å². The van der Waals surface area contributed by atoms with Crippen LogP contribution in [0.5, 0.6) is 11.5 Å². The van der Waals surface area contributed by atoms with E-state index in [0.29, 0.717) is 24.5 Å². The van der Waals surface area contributed by atoms with Crippen molar-refractivity contribution < 1.29 is 19.1 Å². The zero-order chi connectivity index (χ0) is 18.1. The van der Waals surface area contributed by atoms with E-state index in [1.165, 1.54) is 0 Å². The van der Waals surface area contributed by atoms with Crippen molar-refractivity contribution in [3.05, 3.63) is 54.6 Å². The predicted octanol–water partition coefficient (Wildman–Crippen LogP) is 2.09. The highest BCUT2D eigenvalue weighted by atomic mass is 16.5. The SMILES string of the molecule is CN1C(=O)[C@@H]2C[C@@H](CN2C(=O)COc2ccccc2)Oc2ccccc21. The number of para-hydroxylation sites is 3. The summed E-state index contributed by atoms with van der Waals surface area (Å²) >= 11 is 0. The maximum absolute atomic E-state index is 12.9. The topological polar surface area (TPSA) is 59.1 Å². The van der Waals surface area contributed by atoms with E-state index in [0.717, 1.165) is 5.69 Å². The van der Waals surface area contributed by atoms with Crippen LogP contribution in [0.1, 0.15) is 6.42 Å². The Hall–Kier alpha value is -3.02. The Balaban J connectivity index is 1.52. The van der Waals surface area contributed by atoms with Gasteiger partial charge in [0.2, 0.25) is 5.91 Å². The van der Waals surface area contributed by atoms with E-state index in [9.17, 15) is 9.59 Å². The molecule has 0 N–H and O–H groups in total. The van der Waals surface area contributed by atoms with Crippen LogP contribution in [-0.2, 0) is 9.59 Å². The maximum Gasteiger partial charge on any atom is 0.261 e. The molecular weight excluding hydrogens is 332 g/mol. The van der Waals surface area contributed by atoms with Crippen LogP contribution in [0.15, 0.2) is 54.6 Å². The van der Waals surface area contributed by atoms with Gasteiger partial charge in [0, 0.05) is 13.5 Å². The number of fused-ring (bicyclic) bond motifs is 3. The van der Waals surface area contributed by atoms with Crippen LogP contribution in [0, 0.1) is 0 Å². The van der Waals surface area contributed by atoms with E-state index in [-0.39, 0.29) is 24.5 Å². The van der Waals surface area contributed by atoms with E-state index in [2.05, 4.69) is 0 Å². The molecule has 0 aliphatic carbocycles. The Morgan fingerprint density at radius 2 is 1.88 bits per heavy atom. The molecular formula is C20H20N2O4. The van der Waals surface area contributed by atoms with Crippen LogP contribution >= 0.6 is 0 Å². The Morgan fingerprint density at radius 1 is 1.15 bits per heavy atom. The van der Waals surface area contributed by atoms with Gasteiger partial charge in [-0.2, -0.15) is 0 Å². The lowest BCUT2D eigenvalue weighted by atomic mass is 10.1. The summed E-state index contributed by atoms with van der Waals surface area (Å²) in [5, 5.41) is 0. The molecule has 2 aromatic rings. The second kappa shape index (κ2) is 6.71. The second-order valence-electron chi connectivity index (χ2n) is 6.50. The van der Waals surface area contributed by atoms with Gasteiger partial charge in [-0.15, -0.1) is 0 Å². The van der Waals surface area contributed by atoms with Gasteiger partial charge >= 0.3 is 0 Å². The highest BCUT2D eigenvalue weighted by molar-refractivity contribution is 6.00. The lowest BCUT2D eigenvalue weighted by Gasteiger charge is -2.29. The summed E-state index contributed by atoms with van der Waals surface area (Å²) in [6.45, 7) is 0.284. The maximum atomic E-state index is 12.9. The van der Waals surface area contributed by atoms with Gasteiger partial charge < -0.3 is 19.3 Å². The van der Waals surface area contributed by atoms with E-state index in [1.807, 2.05) is 42.5 Å². The third-order valence-electron chi connectivity index (χ3n) is 4.82. The van der Waals surface area contributed by atoms with Gasteiger partial charge in [-0.3, -0.25) is 9.59 Å². The fourth-order valence-electron chi connectivity index (χ4n) is 3.49. The first kappa shape index (κ1) is 16.4. The smallest absolute Gasteiger partial charge is 0.261 e. The normalized spacial score (nSPS) is 21.5. The van der Waals surface area contributed by atoms with Crippen LogP contribution in [0.2, 0.25) is 0 Å². The molecule has 6 heteroatoms. The largest absolute Gasteiger partial charge is 0.486 e. The highest BCUT2D eigenvalue weighted by Gasteiger charge is 2.44. The molecule has 0 radical (unpaired) electrons. The molecule has 0 unspecified atom stereocenters. The van der Waals surface area contributed by atoms with Crippen molar-refractivity contribution in [1.82, 2.24) is 4.90 Å². The molecule has 2 bridgehead atoms.